The van der Waals surface area contributed by atoms with Crippen LogP contribution in [-0.2, 0) is 4.79 Å². The van der Waals surface area contributed by atoms with Gasteiger partial charge in [-0.05, 0) is 18.6 Å². The van der Waals surface area contributed by atoms with E-state index in [1.165, 1.54) is 0 Å². The number of carbonyl (C=O) groups excluding carboxylic acids is 1. The molecule has 0 fully saturated rings. The first-order valence-electron chi connectivity index (χ1n) is 5.99. The smallest absolute Gasteiger partial charge is 0.264 e. The number of benzene rings is 1. The van der Waals surface area contributed by atoms with Crippen LogP contribution in [0.15, 0.2) is 24.3 Å². The van der Waals surface area contributed by atoms with Crippen LogP contribution in [-0.4, -0.2) is 30.0 Å². The maximum absolute atomic E-state index is 12.0. The number of nitrogens with one attached hydrogen (secondary N) is 1. The van der Waals surface area contributed by atoms with E-state index < -0.39 is 6.10 Å². The first-order valence-corrected chi connectivity index (χ1v) is 7.11. The van der Waals surface area contributed by atoms with Gasteiger partial charge < -0.3 is 14.8 Å². The van der Waals surface area contributed by atoms with Crippen LogP contribution in [0.4, 0.5) is 0 Å². The van der Waals surface area contributed by atoms with Gasteiger partial charge in [0.15, 0.2) is 11.5 Å². The van der Waals surface area contributed by atoms with E-state index in [1.54, 1.807) is 6.07 Å². The predicted molar refractivity (Wildman–Crippen MR) is 72.4 cm³/mol. The van der Waals surface area contributed by atoms with Crippen molar-refractivity contribution in [1.82, 2.24) is 5.32 Å². The maximum Gasteiger partial charge on any atom is 0.264 e. The molecule has 18 heavy (non-hydrogen) atoms. The molecule has 2 atom stereocenters. The van der Waals surface area contributed by atoms with Gasteiger partial charge in [-0.1, -0.05) is 35.0 Å². The number of para-hydroxylation sites is 2. The molecule has 0 radical (unpaired) electrons. The van der Waals surface area contributed by atoms with Crippen molar-refractivity contribution in [2.24, 2.45) is 0 Å². The monoisotopic (exact) mass is 313 g/mol. The Morgan fingerprint density at radius 3 is 2.89 bits per heavy atom. The van der Waals surface area contributed by atoms with Crippen LogP contribution >= 0.6 is 15.9 Å². The quantitative estimate of drug-likeness (QED) is 0.866. The van der Waals surface area contributed by atoms with E-state index in [1.807, 2.05) is 25.1 Å². The van der Waals surface area contributed by atoms with Gasteiger partial charge in [0, 0.05) is 11.4 Å². The fourth-order valence-corrected chi connectivity index (χ4v) is 2.31. The lowest BCUT2D eigenvalue weighted by atomic mass is 10.2. The number of ether oxygens (including phenoxy) is 2. The second-order valence-corrected chi connectivity index (χ2v) is 4.78. The summed E-state index contributed by atoms with van der Waals surface area (Å²) in [6.45, 7) is 2.28. The largest absolute Gasteiger partial charge is 0.485 e. The Kier molecular flexibility index (Phi) is 4.47. The van der Waals surface area contributed by atoms with Crippen LogP contribution in [0.5, 0.6) is 11.5 Å². The highest BCUT2D eigenvalue weighted by Gasteiger charge is 2.28. The van der Waals surface area contributed by atoms with Crippen molar-refractivity contribution in [2.45, 2.75) is 25.5 Å². The number of hydrogen-bond donors (Lipinski definition) is 1. The van der Waals surface area contributed by atoms with E-state index in [0.29, 0.717) is 11.5 Å². The molecule has 1 aliphatic heterocycles. The molecule has 98 valence electrons. The maximum atomic E-state index is 12.0. The van der Waals surface area contributed by atoms with Gasteiger partial charge in [-0.2, -0.15) is 0 Å². The van der Waals surface area contributed by atoms with Gasteiger partial charge >= 0.3 is 0 Å². The summed E-state index contributed by atoms with van der Waals surface area (Å²) in [6.07, 6.45) is 0.300. The van der Waals surface area contributed by atoms with Crippen molar-refractivity contribution in [3.63, 3.8) is 0 Å². The molecule has 2 rings (SSSR count). The highest BCUT2D eigenvalue weighted by Crippen LogP contribution is 2.30. The lowest BCUT2D eigenvalue weighted by Crippen LogP contribution is -2.48. The van der Waals surface area contributed by atoms with Gasteiger partial charge in [0.05, 0.1) is 0 Å². The lowest BCUT2D eigenvalue weighted by Gasteiger charge is -2.26. The summed E-state index contributed by atoms with van der Waals surface area (Å²) in [4.78, 5) is 12.0. The molecule has 4 nitrogen and oxygen atoms in total. The third-order valence-electron chi connectivity index (χ3n) is 2.83. The summed E-state index contributed by atoms with van der Waals surface area (Å²) < 4.78 is 11.1. The molecule has 0 saturated heterocycles. The van der Waals surface area contributed by atoms with E-state index in [9.17, 15) is 4.79 Å². The first kappa shape index (κ1) is 13.2. The normalized spacial score (nSPS) is 19.1. The topological polar surface area (TPSA) is 47.6 Å². The summed E-state index contributed by atoms with van der Waals surface area (Å²) in [6, 6.07) is 7.49. The summed E-state index contributed by atoms with van der Waals surface area (Å²) in [5.41, 5.74) is 0. The molecule has 0 spiro atoms. The Labute approximate surface area is 115 Å². The van der Waals surface area contributed by atoms with Gasteiger partial charge in [-0.15, -0.1) is 0 Å². The zero-order valence-corrected chi connectivity index (χ0v) is 11.8. The molecule has 1 amide bonds. The Morgan fingerprint density at radius 1 is 1.50 bits per heavy atom. The van der Waals surface area contributed by atoms with Crippen LogP contribution in [0.25, 0.3) is 0 Å². The zero-order chi connectivity index (χ0) is 13.0. The number of carbonyl (C=O) groups is 1. The van der Waals surface area contributed by atoms with E-state index in [-0.39, 0.29) is 18.6 Å². The average molecular weight is 314 g/mol. The second-order valence-electron chi connectivity index (χ2n) is 4.13. The molecular formula is C13H16BrNO3. The van der Waals surface area contributed by atoms with E-state index in [4.69, 9.17) is 9.47 Å². The van der Waals surface area contributed by atoms with Crippen molar-refractivity contribution in [3.05, 3.63) is 24.3 Å². The van der Waals surface area contributed by atoms with Gasteiger partial charge in [-0.25, -0.2) is 0 Å². The van der Waals surface area contributed by atoms with Gasteiger partial charge in [0.1, 0.15) is 6.61 Å². The summed E-state index contributed by atoms with van der Waals surface area (Å²) in [5.74, 6) is 1.18. The SMILES string of the molecule is CCC(CBr)NC(=O)C1COc2ccccc2O1. The Hall–Kier alpha value is -1.23. The fourth-order valence-electron chi connectivity index (χ4n) is 1.69. The van der Waals surface area contributed by atoms with E-state index in [2.05, 4.69) is 21.2 Å². The average Bonchev–Trinajstić information content (AvgIpc) is 2.44. The summed E-state index contributed by atoms with van der Waals surface area (Å²) in [7, 11) is 0. The molecule has 0 aromatic heterocycles. The Morgan fingerprint density at radius 2 is 2.22 bits per heavy atom. The third-order valence-corrected chi connectivity index (χ3v) is 3.61. The zero-order valence-electron chi connectivity index (χ0n) is 10.2. The molecule has 1 N–H and O–H groups in total. The van der Waals surface area contributed by atoms with Crippen LogP contribution in [0, 0.1) is 0 Å². The van der Waals surface area contributed by atoms with Gasteiger partial charge in [0.25, 0.3) is 5.91 Å². The highest BCUT2D eigenvalue weighted by atomic mass is 79.9. The fraction of sp³-hybridized carbons (Fsp3) is 0.462. The molecule has 1 aliphatic rings. The molecule has 0 aliphatic carbocycles. The van der Waals surface area contributed by atoms with Crippen molar-refractivity contribution < 1.29 is 14.3 Å². The van der Waals surface area contributed by atoms with E-state index in [0.717, 1.165) is 11.8 Å². The minimum Gasteiger partial charge on any atom is -0.485 e. The number of amides is 1. The standard InChI is InChI=1S/C13H16BrNO3/c1-2-9(7-14)15-13(16)12-8-17-10-5-3-4-6-11(10)18-12/h3-6,9,12H,2,7-8H2,1H3,(H,15,16). The van der Waals surface area contributed by atoms with Crippen molar-refractivity contribution in [2.75, 3.05) is 11.9 Å². The summed E-state index contributed by atoms with van der Waals surface area (Å²) in [5, 5.41) is 3.66. The second kappa shape index (κ2) is 6.09. The number of hydrogen-bond acceptors (Lipinski definition) is 3. The molecular weight excluding hydrogens is 298 g/mol. The minimum atomic E-state index is -0.576. The van der Waals surface area contributed by atoms with Crippen molar-refractivity contribution in [3.8, 4) is 11.5 Å². The molecule has 1 heterocycles. The third kappa shape index (κ3) is 2.96. The van der Waals surface area contributed by atoms with Crippen LogP contribution in [0.2, 0.25) is 0 Å². The van der Waals surface area contributed by atoms with Crippen LogP contribution in [0.1, 0.15) is 13.3 Å². The number of halogens is 1. The molecule has 5 heteroatoms. The van der Waals surface area contributed by atoms with Gasteiger partial charge in [0.2, 0.25) is 6.10 Å². The molecule has 2 unspecified atom stereocenters. The lowest BCUT2D eigenvalue weighted by molar-refractivity contribution is -0.130. The van der Waals surface area contributed by atoms with E-state index >= 15 is 0 Å². The number of fused-ring (bicyclic) bond motifs is 1. The number of rotatable bonds is 4. The molecule has 0 bridgehead atoms. The summed E-state index contributed by atoms with van der Waals surface area (Å²) >= 11 is 3.37. The Balaban J connectivity index is 1.98. The predicted octanol–water partition coefficient (Wildman–Crippen LogP) is 2.12. The first-order chi connectivity index (χ1) is 8.74. The van der Waals surface area contributed by atoms with Crippen molar-refractivity contribution >= 4 is 21.8 Å². The molecule has 1 aromatic carbocycles. The van der Waals surface area contributed by atoms with Crippen LogP contribution in [0.3, 0.4) is 0 Å². The number of alkyl halides is 1. The highest BCUT2D eigenvalue weighted by molar-refractivity contribution is 9.09. The van der Waals surface area contributed by atoms with Crippen LogP contribution < -0.4 is 14.8 Å². The minimum absolute atomic E-state index is 0.123. The van der Waals surface area contributed by atoms with Gasteiger partial charge in [-0.3, -0.25) is 4.79 Å². The Bertz CT molecular complexity index is 420. The van der Waals surface area contributed by atoms with Crippen molar-refractivity contribution in [1.29, 1.82) is 0 Å². The molecule has 0 saturated carbocycles. The molecule has 1 aromatic rings.